The Morgan fingerprint density at radius 2 is 2.17 bits per heavy atom. The van der Waals surface area contributed by atoms with Crippen LogP contribution in [0.25, 0.3) is 0 Å². The van der Waals surface area contributed by atoms with Gasteiger partial charge in [-0.1, -0.05) is 31.2 Å². The van der Waals surface area contributed by atoms with E-state index in [2.05, 4.69) is 37.3 Å². The molecule has 3 aliphatic rings. The Labute approximate surface area is 108 Å². The number of ether oxygens (including phenoxy) is 2. The van der Waals surface area contributed by atoms with E-state index in [1.807, 2.05) is 0 Å². The number of methoxy groups -OCH3 is 1. The molecule has 0 amide bonds. The molecule has 0 aromatic heterocycles. The van der Waals surface area contributed by atoms with Crippen LogP contribution in [0, 0.1) is 11.8 Å². The first-order chi connectivity index (χ1) is 8.74. The zero-order valence-electron chi connectivity index (χ0n) is 10.8. The summed E-state index contributed by atoms with van der Waals surface area (Å²) in [6.07, 6.45) is 4.73. The molecule has 4 rings (SSSR count). The van der Waals surface area contributed by atoms with Gasteiger partial charge in [-0.15, -0.1) is 0 Å². The molecule has 94 valence electrons. The number of benzene rings is 1. The van der Waals surface area contributed by atoms with Gasteiger partial charge < -0.3 is 9.47 Å². The highest BCUT2D eigenvalue weighted by Gasteiger charge is 2.58. The SMILES string of the molecule is COC1=C[C@@]23O[C@@H](C[C@H]2[C@H](C)C1)c1ccccc13. The zero-order valence-corrected chi connectivity index (χ0v) is 10.8. The summed E-state index contributed by atoms with van der Waals surface area (Å²) in [5.74, 6) is 2.32. The normalized spacial score (nSPS) is 40.1. The molecule has 1 aromatic rings. The van der Waals surface area contributed by atoms with E-state index in [9.17, 15) is 0 Å². The molecule has 0 N–H and O–H groups in total. The van der Waals surface area contributed by atoms with Crippen LogP contribution in [-0.4, -0.2) is 7.11 Å². The van der Waals surface area contributed by atoms with Gasteiger partial charge in [-0.05, 0) is 29.5 Å². The van der Waals surface area contributed by atoms with Crippen LogP contribution in [0.5, 0.6) is 0 Å². The maximum absolute atomic E-state index is 6.38. The van der Waals surface area contributed by atoms with E-state index in [-0.39, 0.29) is 5.60 Å². The molecule has 1 spiro atoms. The van der Waals surface area contributed by atoms with E-state index in [0.29, 0.717) is 17.9 Å². The quantitative estimate of drug-likeness (QED) is 0.750. The lowest BCUT2D eigenvalue weighted by Gasteiger charge is -2.39. The molecule has 0 unspecified atom stereocenters. The summed E-state index contributed by atoms with van der Waals surface area (Å²) in [6.45, 7) is 2.32. The molecule has 2 nitrogen and oxygen atoms in total. The lowest BCUT2D eigenvalue weighted by molar-refractivity contribution is -0.0236. The summed E-state index contributed by atoms with van der Waals surface area (Å²) in [5.41, 5.74) is 2.55. The standard InChI is InChI=1S/C16H18O2/c1-10-7-11(17-2)9-16-13-6-4-3-5-12(13)15(18-16)8-14(10)16/h3-6,9-10,14-15H,7-8H2,1-2H3/t10-,14+,15+,16+/m1/s1. The molecule has 1 fully saturated rings. The zero-order chi connectivity index (χ0) is 12.3. The molecule has 2 bridgehead atoms. The summed E-state index contributed by atoms with van der Waals surface area (Å²) < 4.78 is 11.9. The van der Waals surface area contributed by atoms with Crippen molar-refractivity contribution >= 4 is 0 Å². The van der Waals surface area contributed by atoms with Gasteiger partial charge in [-0.2, -0.15) is 0 Å². The average molecular weight is 242 g/mol. The predicted octanol–water partition coefficient (Wildman–Crippen LogP) is 3.54. The molecular formula is C16H18O2. The van der Waals surface area contributed by atoms with Crippen molar-refractivity contribution in [2.24, 2.45) is 11.8 Å². The van der Waals surface area contributed by atoms with Gasteiger partial charge in [0.05, 0.1) is 19.0 Å². The lowest BCUT2D eigenvalue weighted by atomic mass is 9.65. The topological polar surface area (TPSA) is 18.5 Å². The van der Waals surface area contributed by atoms with Gasteiger partial charge in [0.25, 0.3) is 0 Å². The van der Waals surface area contributed by atoms with E-state index in [1.165, 1.54) is 11.1 Å². The highest BCUT2D eigenvalue weighted by molar-refractivity contribution is 5.46. The van der Waals surface area contributed by atoms with Crippen molar-refractivity contribution in [3.8, 4) is 0 Å². The van der Waals surface area contributed by atoms with Crippen molar-refractivity contribution < 1.29 is 9.47 Å². The van der Waals surface area contributed by atoms with Crippen molar-refractivity contribution in [3.63, 3.8) is 0 Å². The van der Waals surface area contributed by atoms with Crippen LogP contribution in [0.3, 0.4) is 0 Å². The first-order valence-electron chi connectivity index (χ1n) is 6.77. The second-order valence-electron chi connectivity index (χ2n) is 5.83. The fourth-order valence-corrected chi connectivity index (χ4v) is 4.14. The molecule has 2 aliphatic heterocycles. The average Bonchev–Trinajstić information content (AvgIpc) is 2.92. The fraction of sp³-hybridized carbons (Fsp3) is 0.500. The fourth-order valence-electron chi connectivity index (χ4n) is 4.14. The molecule has 2 heteroatoms. The Hall–Kier alpha value is -1.28. The molecular weight excluding hydrogens is 224 g/mol. The van der Waals surface area contributed by atoms with E-state index in [4.69, 9.17) is 9.47 Å². The number of allylic oxidation sites excluding steroid dienone is 1. The number of rotatable bonds is 1. The third-order valence-corrected chi connectivity index (χ3v) is 4.93. The second-order valence-corrected chi connectivity index (χ2v) is 5.83. The van der Waals surface area contributed by atoms with Gasteiger partial charge >= 0.3 is 0 Å². The Morgan fingerprint density at radius 1 is 1.33 bits per heavy atom. The maximum atomic E-state index is 6.38. The van der Waals surface area contributed by atoms with Gasteiger partial charge in [0.1, 0.15) is 5.60 Å². The summed E-state index contributed by atoms with van der Waals surface area (Å²) in [5, 5.41) is 0. The van der Waals surface area contributed by atoms with Crippen molar-refractivity contribution in [1.29, 1.82) is 0 Å². The van der Waals surface area contributed by atoms with Crippen molar-refractivity contribution in [2.45, 2.75) is 31.5 Å². The first-order valence-corrected chi connectivity index (χ1v) is 6.77. The summed E-state index contributed by atoms with van der Waals surface area (Å²) >= 11 is 0. The van der Waals surface area contributed by atoms with Crippen LogP contribution < -0.4 is 0 Å². The minimum absolute atomic E-state index is 0.204. The Morgan fingerprint density at radius 3 is 3.00 bits per heavy atom. The van der Waals surface area contributed by atoms with Gasteiger partial charge in [0.15, 0.2) is 0 Å². The maximum Gasteiger partial charge on any atom is 0.119 e. The second kappa shape index (κ2) is 3.39. The van der Waals surface area contributed by atoms with Crippen LogP contribution in [0.2, 0.25) is 0 Å². The largest absolute Gasteiger partial charge is 0.501 e. The van der Waals surface area contributed by atoms with Crippen molar-refractivity contribution in [1.82, 2.24) is 0 Å². The first kappa shape index (κ1) is 10.6. The Bertz CT molecular complexity index is 534. The summed E-state index contributed by atoms with van der Waals surface area (Å²) in [7, 11) is 1.77. The molecule has 4 atom stereocenters. The Kier molecular flexibility index (Phi) is 2.00. The van der Waals surface area contributed by atoms with Crippen LogP contribution in [0.15, 0.2) is 36.1 Å². The van der Waals surface area contributed by atoms with Gasteiger partial charge in [-0.25, -0.2) is 0 Å². The molecule has 1 aromatic carbocycles. The van der Waals surface area contributed by atoms with Crippen molar-refractivity contribution in [2.75, 3.05) is 7.11 Å². The summed E-state index contributed by atoms with van der Waals surface area (Å²) in [4.78, 5) is 0. The Balaban J connectivity index is 1.93. The van der Waals surface area contributed by atoms with Crippen LogP contribution in [0.4, 0.5) is 0 Å². The number of hydrogen-bond donors (Lipinski definition) is 0. The molecule has 2 heterocycles. The molecule has 0 radical (unpaired) electrons. The van der Waals surface area contributed by atoms with E-state index >= 15 is 0 Å². The van der Waals surface area contributed by atoms with E-state index < -0.39 is 0 Å². The highest BCUT2D eigenvalue weighted by Crippen LogP contribution is 2.63. The third-order valence-electron chi connectivity index (χ3n) is 4.93. The molecule has 0 saturated carbocycles. The minimum atomic E-state index is -0.204. The predicted molar refractivity (Wildman–Crippen MR) is 68.9 cm³/mol. The highest BCUT2D eigenvalue weighted by atomic mass is 16.5. The van der Waals surface area contributed by atoms with E-state index in [1.54, 1.807) is 7.11 Å². The molecule has 18 heavy (non-hydrogen) atoms. The monoisotopic (exact) mass is 242 g/mol. The lowest BCUT2D eigenvalue weighted by Crippen LogP contribution is -2.37. The van der Waals surface area contributed by atoms with Crippen LogP contribution in [0.1, 0.15) is 37.0 Å². The van der Waals surface area contributed by atoms with Gasteiger partial charge in [0, 0.05) is 12.3 Å². The van der Waals surface area contributed by atoms with E-state index in [0.717, 1.165) is 18.6 Å². The van der Waals surface area contributed by atoms with Gasteiger partial charge in [-0.3, -0.25) is 0 Å². The number of fused-ring (bicyclic) bond motifs is 3. The van der Waals surface area contributed by atoms with Crippen molar-refractivity contribution in [3.05, 3.63) is 47.2 Å². The van der Waals surface area contributed by atoms with Gasteiger partial charge in [0.2, 0.25) is 0 Å². The van der Waals surface area contributed by atoms with Crippen LogP contribution in [-0.2, 0) is 15.1 Å². The summed E-state index contributed by atoms with van der Waals surface area (Å²) in [6, 6.07) is 8.67. The third kappa shape index (κ3) is 1.12. The number of hydrogen-bond acceptors (Lipinski definition) is 2. The molecule has 1 aliphatic carbocycles. The minimum Gasteiger partial charge on any atom is -0.501 e. The van der Waals surface area contributed by atoms with Crippen LogP contribution >= 0.6 is 0 Å². The molecule has 1 saturated heterocycles. The smallest absolute Gasteiger partial charge is 0.119 e.